The van der Waals surface area contributed by atoms with Gasteiger partial charge in [0.25, 0.3) is 5.91 Å². The molecule has 0 spiro atoms. The largest absolute Gasteiger partial charge is 0.337 e. The van der Waals surface area contributed by atoms with E-state index >= 15 is 0 Å². The summed E-state index contributed by atoms with van der Waals surface area (Å²) in [6.07, 6.45) is 3.42. The van der Waals surface area contributed by atoms with Crippen molar-refractivity contribution in [3.8, 4) is 0 Å². The standard InChI is InChI=1S/C18H23N5OS/c1-13-21-23-12-16(20-18(23)25-13)17(24)22(3)15(9-10-19-2)11-14-7-5-4-6-8-14/h4-8,12,15,19H,9-11H2,1-3H3/t15-/m1/s1. The van der Waals surface area contributed by atoms with Gasteiger partial charge in [-0.15, -0.1) is 0 Å². The lowest BCUT2D eigenvalue weighted by molar-refractivity contribution is 0.0718. The fourth-order valence-corrected chi connectivity index (χ4v) is 3.60. The number of rotatable bonds is 7. The Hall–Kier alpha value is -2.25. The topological polar surface area (TPSA) is 62.5 Å². The molecule has 0 aliphatic heterocycles. The van der Waals surface area contributed by atoms with Crippen molar-refractivity contribution in [2.45, 2.75) is 25.8 Å². The Morgan fingerprint density at radius 1 is 1.36 bits per heavy atom. The zero-order chi connectivity index (χ0) is 17.8. The van der Waals surface area contributed by atoms with Crippen molar-refractivity contribution >= 4 is 22.2 Å². The van der Waals surface area contributed by atoms with Gasteiger partial charge in [-0.1, -0.05) is 41.7 Å². The van der Waals surface area contributed by atoms with Gasteiger partial charge in [-0.3, -0.25) is 4.79 Å². The summed E-state index contributed by atoms with van der Waals surface area (Å²) in [6.45, 7) is 2.79. The third kappa shape index (κ3) is 4.05. The molecular formula is C18H23N5OS. The average molecular weight is 357 g/mol. The number of fused-ring (bicyclic) bond motifs is 1. The zero-order valence-electron chi connectivity index (χ0n) is 14.8. The Morgan fingerprint density at radius 2 is 2.12 bits per heavy atom. The maximum absolute atomic E-state index is 12.9. The number of nitrogens with zero attached hydrogens (tertiary/aromatic N) is 4. The summed E-state index contributed by atoms with van der Waals surface area (Å²) in [5.41, 5.74) is 1.68. The Kier molecular flexibility index (Phi) is 5.45. The SMILES string of the molecule is CNCC[C@H](Cc1ccccc1)N(C)C(=O)c1cn2nc(C)sc2n1. The molecule has 1 N–H and O–H groups in total. The lowest BCUT2D eigenvalue weighted by Crippen LogP contribution is -2.40. The first kappa shape index (κ1) is 17.6. The van der Waals surface area contributed by atoms with Gasteiger partial charge in [0.15, 0.2) is 0 Å². The van der Waals surface area contributed by atoms with E-state index < -0.39 is 0 Å². The summed E-state index contributed by atoms with van der Waals surface area (Å²) in [6, 6.07) is 10.4. The van der Waals surface area contributed by atoms with E-state index in [1.807, 2.05) is 44.1 Å². The fraction of sp³-hybridized carbons (Fsp3) is 0.389. The quantitative estimate of drug-likeness (QED) is 0.705. The van der Waals surface area contributed by atoms with Crippen molar-refractivity contribution < 1.29 is 4.79 Å². The number of benzene rings is 1. The van der Waals surface area contributed by atoms with Crippen LogP contribution in [0, 0.1) is 6.92 Å². The number of aryl methyl sites for hydroxylation is 1. The molecule has 2 heterocycles. The molecule has 0 radical (unpaired) electrons. The van der Waals surface area contributed by atoms with E-state index in [1.54, 1.807) is 10.7 Å². The van der Waals surface area contributed by atoms with E-state index in [-0.39, 0.29) is 11.9 Å². The first-order chi connectivity index (χ1) is 12.1. The Labute approximate surface area is 151 Å². The molecular weight excluding hydrogens is 334 g/mol. The summed E-state index contributed by atoms with van der Waals surface area (Å²) in [7, 11) is 3.79. The molecule has 0 aliphatic carbocycles. The highest BCUT2D eigenvalue weighted by Gasteiger charge is 2.24. The maximum atomic E-state index is 12.9. The molecule has 1 amide bonds. The minimum atomic E-state index is -0.0626. The minimum Gasteiger partial charge on any atom is -0.337 e. The van der Waals surface area contributed by atoms with Crippen LogP contribution in [0.3, 0.4) is 0 Å². The molecule has 0 fully saturated rings. The molecule has 0 unspecified atom stereocenters. The highest BCUT2D eigenvalue weighted by atomic mass is 32.1. The van der Waals surface area contributed by atoms with Crippen molar-refractivity contribution in [3.63, 3.8) is 0 Å². The maximum Gasteiger partial charge on any atom is 0.274 e. The molecule has 1 atom stereocenters. The number of hydrogen-bond acceptors (Lipinski definition) is 5. The highest BCUT2D eigenvalue weighted by Crippen LogP contribution is 2.17. The summed E-state index contributed by atoms with van der Waals surface area (Å²) in [5, 5.41) is 8.44. The van der Waals surface area contributed by atoms with Crippen LogP contribution in [0.2, 0.25) is 0 Å². The molecule has 0 bridgehead atoms. The van der Waals surface area contributed by atoms with E-state index in [0.29, 0.717) is 5.69 Å². The predicted octanol–water partition coefficient (Wildman–Crippen LogP) is 2.39. The summed E-state index contributed by atoms with van der Waals surface area (Å²) in [5.74, 6) is -0.0626. The zero-order valence-corrected chi connectivity index (χ0v) is 15.6. The molecule has 1 aromatic carbocycles. The van der Waals surface area contributed by atoms with Gasteiger partial charge in [-0.05, 0) is 38.9 Å². The van der Waals surface area contributed by atoms with Crippen molar-refractivity contribution in [3.05, 3.63) is 52.8 Å². The molecule has 3 aromatic rings. The summed E-state index contributed by atoms with van der Waals surface area (Å²) < 4.78 is 1.68. The summed E-state index contributed by atoms with van der Waals surface area (Å²) in [4.78, 5) is 19.9. The fourth-order valence-electron chi connectivity index (χ4n) is 2.88. The number of nitrogens with one attached hydrogen (secondary N) is 1. The second-order valence-electron chi connectivity index (χ2n) is 6.13. The first-order valence-electron chi connectivity index (χ1n) is 8.37. The van der Waals surface area contributed by atoms with Crippen LogP contribution in [0.4, 0.5) is 0 Å². The summed E-state index contributed by atoms with van der Waals surface area (Å²) >= 11 is 1.49. The number of amides is 1. The molecule has 2 aromatic heterocycles. The monoisotopic (exact) mass is 357 g/mol. The Balaban J connectivity index is 1.78. The first-order valence-corrected chi connectivity index (χ1v) is 9.18. The van der Waals surface area contributed by atoms with E-state index in [0.717, 1.165) is 29.4 Å². The van der Waals surface area contributed by atoms with Gasteiger partial charge in [-0.2, -0.15) is 5.10 Å². The van der Waals surface area contributed by atoms with E-state index in [1.165, 1.54) is 16.9 Å². The van der Waals surface area contributed by atoms with Gasteiger partial charge in [0.2, 0.25) is 4.96 Å². The van der Waals surface area contributed by atoms with Gasteiger partial charge < -0.3 is 10.2 Å². The third-order valence-electron chi connectivity index (χ3n) is 4.27. The smallest absolute Gasteiger partial charge is 0.274 e. The second-order valence-corrected chi connectivity index (χ2v) is 7.29. The van der Waals surface area contributed by atoms with Crippen molar-refractivity contribution in [1.82, 2.24) is 24.8 Å². The van der Waals surface area contributed by atoms with E-state index in [9.17, 15) is 4.79 Å². The third-order valence-corrected chi connectivity index (χ3v) is 5.11. The van der Waals surface area contributed by atoms with Gasteiger partial charge in [-0.25, -0.2) is 9.50 Å². The van der Waals surface area contributed by atoms with Gasteiger partial charge >= 0.3 is 0 Å². The van der Waals surface area contributed by atoms with Gasteiger partial charge in [0.1, 0.15) is 10.7 Å². The van der Waals surface area contributed by atoms with Gasteiger partial charge in [0, 0.05) is 13.1 Å². The lowest BCUT2D eigenvalue weighted by Gasteiger charge is -2.28. The molecule has 25 heavy (non-hydrogen) atoms. The van der Waals surface area contributed by atoms with Crippen molar-refractivity contribution in [1.29, 1.82) is 0 Å². The molecule has 0 aliphatic rings. The predicted molar refractivity (Wildman–Crippen MR) is 100 cm³/mol. The molecule has 3 rings (SSSR count). The van der Waals surface area contributed by atoms with Crippen LogP contribution in [0.5, 0.6) is 0 Å². The molecule has 6 nitrogen and oxygen atoms in total. The number of imidazole rings is 1. The minimum absolute atomic E-state index is 0.0626. The van der Waals surface area contributed by atoms with Crippen LogP contribution in [0.1, 0.15) is 27.5 Å². The van der Waals surface area contributed by atoms with E-state index in [4.69, 9.17) is 0 Å². The molecule has 7 heteroatoms. The number of carbonyl (C=O) groups excluding carboxylic acids is 1. The number of carbonyl (C=O) groups is 1. The number of likely N-dealkylation sites (N-methyl/N-ethyl adjacent to an activating group) is 1. The number of hydrogen-bond donors (Lipinski definition) is 1. The van der Waals surface area contributed by atoms with Crippen LogP contribution in [0.25, 0.3) is 4.96 Å². The molecule has 0 saturated carbocycles. The van der Waals surface area contributed by atoms with Crippen molar-refractivity contribution in [2.75, 3.05) is 20.6 Å². The van der Waals surface area contributed by atoms with Crippen LogP contribution in [0.15, 0.2) is 36.5 Å². The normalized spacial score (nSPS) is 12.4. The molecule has 132 valence electrons. The average Bonchev–Trinajstić information content (AvgIpc) is 3.15. The van der Waals surface area contributed by atoms with Crippen LogP contribution < -0.4 is 5.32 Å². The van der Waals surface area contributed by atoms with E-state index in [2.05, 4.69) is 27.5 Å². The number of aromatic nitrogens is 3. The van der Waals surface area contributed by atoms with Crippen LogP contribution in [-0.4, -0.2) is 52.1 Å². The van der Waals surface area contributed by atoms with Crippen molar-refractivity contribution in [2.24, 2.45) is 0 Å². The highest BCUT2D eigenvalue weighted by molar-refractivity contribution is 7.16. The van der Waals surface area contributed by atoms with Crippen LogP contribution >= 0.6 is 11.3 Å². The van der Waals surface area contributed by atoms with Gasteiger partial charge in [0.05, 0.1) is 6.20 Å². The Morgan fingerprint density at radius 3 is 2.80 bits per heavy atom. The molecule has 0 saturated heterocycles. The Bertz CT molecular complexity index is 810. The lowest BCUT2D eigenvalue weighted by atomic mass is 10.0. The van der Waals surface area contributed by atoms with Crippen LogP contribution in [-0.2, 0) is 6.42 Å². The second kappa shape index (κ2) is 7.76.